The van der Waals surface area contributed by atoms with Crippen molar-refractivity contribution in [3.63, 3.8) is 0 Å². The van der Waals surface area contributed by atoms with Crippen molar-refractivity contribution < 1.29 is 0 Å². The minimum atomic E-state index is 0.552. The van der Waals surface area contributed by atoms with Crippen molar-refractivity contribution in [2.24, 2.45) is 5.92 Å². The van der Waals surface area contributed by atoms with Crippen LogP contribution in [0.5, 0.6) is 0 Å². The van der Waals surface area contributed by atoms with E-state index in [2.05, 4.69) is 29.9 Å². The first-order valence-electron chi connectivity index (χ1n) is 4.36. The van der Waals surface area contributed by atoms with Crippen molar-refractivity contribution in [2.45, 2.75) is 20.3 Å². The third kappa shape index (κ3) is 1.46. The zero-order valence-electron chi connectivity index (χ0n) is 7.71. The molecule has 3 heteroatoms. The fourth-order valence-corrected chi connectivity index (χ4v) is 1.76. The van der Waals surface area contributed by atoms with Crippen LogP contribution < -0.4 is 0 Å². The highest BCUT2D eigenvalue weighted by Gasteiger charge is 2.18. The number of nitrogens with zero attached hydrogens (tertiary/aromatic N) is 2. The molecule has 1 aromatic rings. The van der Waals surface area contributed by atoms with Crippen LogP contribution in [0, 0.1) is 5.92 Å². The molecule has 0 fully saturated rings. The van der Waals surface area contributed by atoms with Crippen molar-refractivity contribution in [1.82, 2.24) is 9.97 Å². The van der Waals surface area contributed by atoms with Crippen molar-refractivity contribution in [3.8, 4) is 0 Å². The number of fused-ring (bicyclic) bond motifs is 1. The van der Waals surface area contributed by atoms with Gasteiger partial charge in [0.2, 0.25) is 0 Å². The summed E-state index contributed by atoms with van der Waals surface area (Å²) in [6.45, 7) is 4.32. The average molecular weight is 195 g/mol. The van der Waals surface area contributed by atoms with E-state index < -0.39 is 0 Å². The number of halogens is 1. The number of hydrogen-bond donors (Lipinski definition) is 0. The Morgan fingerprint density at radius 3 is 3.00 bits per heavy atom. The number of allylic oxidation sites excluding steroid dienone is 1. The molecule has 1 aromatic heterocycles. The molecule has 68 valence electrons. The zero-order chi connectivity index (χ0) is 9.42. The van der Waals surface area contributed by atoms with Gasteiger partial charge < -0.3 is 0 Å². The molecule has 0 spiro atoms. The number of aromatic nitrogens is 2. The van der Waals surface area contributed by atoms with Gasteiger partial charge in [-0.3, -0.25) is 0 Å². The van der Waals surface area contributed by atoms with E-state index >= 15 is 0 Å². The quantitative estimate of drug-likeness (QED) is 0.594. The first-order valence-corrected chi connectivity index (χ1v) is 4.74. The van der Waals surface area contributed by atoms with Crippen LogP contribution >= 0.6 is 11.6 Å². The molecule has 0 saturated carbocycles. The van der Waals surface area contributed by atoms with Gasteiger partial charge in [0, 0.05) is 5.56 Å². The van der Waals surface area contributed by atoms with E-state index in [4.69, 9.17) is 11.6 Å². The molecule has 1 unspecified atom stereocenters. The Morgan fingerprint density at radius 2 is 2.23 bits per heavy atom. The van der Waals surface area contributed by atoms with Crippen molar-refractivity contribution >= 4 is 17.7 Å². The largest absolute Gasteiger partial charge is 0.237 e. The summed E-state index contributed by atoms with van der Waals surface area (Å²) in [6, 6.07) is 0. The minimum absolute atomic E-state index is 0.552. The van der Waals surface area contributed by atoms with Crippen molar-refractivity contribution in [1.29, 1.82) is 0 Å². The predicted octanol–water partition coefficient (Wildman–Crippen LogP) is 2.73. The van der Waals surface area contributed by atoms with Crippen LogP contribution in [0.1, 0.15) is 25.1 Å². The Hall–Kier alpha value is -0.890. The first-order chi connectivity index (χ1) is 6.18. The zero-order valence-corrected chi connectivity index (χ0v) is 8.47. The smallest absolute Gasteiger partial charge is 0.136 e. The first kappa shape index (κ1) is 8.70. The second-order valence-corrected chi connectivity index (χ2v) is 3.88. The normalized spacial score (nSPS) is 20.8. The lowest BCUT2D eigenvalue weighted by molar-refractivity contribution is 0.665. The lowest BCUT2D eigenvalue weighted by Gasteiger charge is -2.19. The second kappa shape index (κ2) is 3.11. The summed E-state index contributed by atoms with van der Waals surface area (Å²) in [6.07, 6.45) is 4.56. The topological polar surface area (TPSA) is 25.8 Å². The minimum Gasteiger partial charge on any atom is -0.237 e. The van der Waals surface area contributed by atoms with Crippen LogP contribution in [0.4, 0.5) is 0 Å². The predicted molar refractivity (Wildman–Crippen MR) is 53.6 cm³/mol. The van der Waals surface area contributed by atoms with Gasteiger partial charge in [-0.1, -0.05) is 24.1 Å². The molecule has 0 radical (unpaired) electrons. The maximum Gasteiger partial charge on any atom is 0.136 e. The molecule has 0 amide bonds. The molecule has 0 bridgehead atoms. The highest BCUT2D eigenvalue weighted by Crippen LogP contribution is 2.29. The molecule has 0 aromatic carbocycles. The third-order valence-electron chi connectivity index (χ3n) is 2.58. The third-order valence-corrected chi connectivity index (χ3v) is 2.90. The molecule has 2 nitrogen and oxygen atoms in total. The standard InChI is InChI=1S/C10H11ClN2/c1-6-3-8-9(4-7(6)2)12-5-13-10(8)11/h4-6H,3H2,1-2H3. The monoisotopic (exact) mass is 194 g/mol. The Morgan fingerprint density at radius 1 is 1.46 bits per heavy atom. The van der Waals surface area contributed by atoms with Crippen LogP contribution in [-0.2, 0) is 6.42 Å². The van der Waals surface area contributed by atoms with E-state index in [9.17, 15) is 0 Å². The van der Waals surface area contributed by atoms with E-state index in [1.807, 2.05) is 0 Å². The van der Waals surface area contributed by atoms with Gasteiger partial charge in [0.25, 0.3) is 0 Å². The molecule has 1 heterocycles. The number of hydrogen-bond acceptors (Lipinski definition) is 2. The van der Waals surface area contributed by atoms with Gasteiger partial charge in [-0.05, 0) is 25.3 Å². The van der Waals surface area contributed by atoms with Crippen molar-refractivity contribution in [2.75, 3.05) is 0 Å². The second-order valence-electron chi connectivity index (χ2n) is 3.52. The van der Waals surface area contributed by atoms with E-state index in [1.54, 1.807) is 0 Å². The van der Waals surface area contributed by atoms with Gasteiger partial charge in [-0.25, -0.2) is 9.97 Å². The average Bonchev–Trinajstić information content (AvgIpc) is 2.09. The summed E-state index contributed by atoms with van der Waals surface area (Å²) >= 11 is 5.97. The SMILES string of the molecule is CC1=Cc2ncnc(Cl)c2CC1C. The maximum atomic E-state index is 5.97. The summed E-state index contributed by atoms with van der Waals surface area (Å²) in [5.74, 6) is 0.552. The maximum absolute atomic E-state index is 5.97. The van der Waals surface area contributed by atoms with Gasteiger partial charge in [-0.2, -0.15) is 0 Å². The Balaban J connectivity index is 2.56. The van der Waals surface area contributed by atoms with Gasteiger partial charge in [0.05, 0.1) is 5.69 Å². The molecule has 2 rings (SSSR count). The van der Waals surface area contributed by atoms with Crippen molar-refractivity contribution in [3.05, 3.63) is 28.3 Å². The Bertz CT molecular complexity index is 371. The van der Waals surface area contributed by atoms with Crippen LogP contribution in [0.2, 0.25) is 5.15 Å². The van der Waals surface area contributed by atoms with Gasteiger partial charge in [0.1, 0.15) is 11.5 Å². The summed E-state index contributed by atoms with van der Waals surface area (Å²) in [5.41, 5.74) is 3.43. The lowest BCUT2D eigenvalue weighted by Crippen LogP contribution is -2.10. The van der Waals surface area contributed by atoms with Crippen LogP contribution in [0.25, 0.3) is 6.08 Å². The fourth-order valence-electron chi connectivity index (χ4n) is 1.54. The van der Waals surface area contributed by atoms with E-state index in [1.165, 1.54) is 11.9 Å². The summed E-state index contributed by atoms with van der Waals surface area (Å²) < 4.78 is 0. The lowest BCUT2D eigenvalue weighted by atomic mass is 9.88. The Labute approximate surface area is 82.7 Å². The summed E-state index contributed by atoms with van der Waals surface area (Å²) in [4.78, 5) is 8.17. The highest BCUT2D eigenvalue weighted by atomic mass is 35.5. The molecule has 0 aliphatic heterocycles. The molecule has 13 heavy (non-hydrogen) atoms. The van der Waals surface area contributed by atoms with Gasteiger partial charge in [-0.15, -0.1) is 0 Å². The Kier molecular flexibility index (Phi) is 2.08. The molecule has 1 aliphatic carbocycles. The molecule has 0 N–H and O–H groups in total. The fraction of sp³-hybridized carbons (Fsp3) is 0.400. The molecule has 1 atom stereocenters. The highest BCUT2D eigenvalue weighted by molar-refractivity contribution is 6.30. The van der Waals surface area contributed by atoms with Crippen LogP contribution in [-0.4, -0.2) is 9.97 Å². The summed E-state index contributed by atoms with van der Waals surface area (Å²) in [7, 11) is 0. The molecular formula is C10H11ClN2. The van der Waals surface area contributed by atoms with Gasteiger partial charge >= 0.3 is 0 Å². The molecule has 1 aliphatic rings. The van der Waals surface area contributed by atoms with Crippen LogP contribution in [0.15, 0.2) is 11.9 Å². The van der Waals surface area contributed by atoms with Gasteiger partial charge in [0.15, 0.2) is 0 Å². The molecule has 0 saturated heterocycles. The van der Waals surface area contributed by atoms with E-state index in [0.717, 1.165) is 17.7 Å². The molecular weight excluding hydrogens is 184 g/mol. The van der Waals surface area contributed by atoms with Crippen LogP contribution in [0.3, 0.4) is 0 Å². The number of rotatable bonds is 0. The van der Waals surface area contributed by atoms with E-state index in [0.29, 0.717) is 11.1 Å². The summed E-state index contributed by atoms with van der Waals surface area (Å²) in [5, 5.41) is 0.598. The van der Waals surface area contributed by atoms with E-state index in [-0.39, 0.29) is 0 Å².